The maximum Gasteiger partial charge on any atom is 0.269 e. The molecule has 0 aromatic carbocycles. The number of oxime groups is 1. The lowest BCUT2D eigenvalue weighted by Gasteiger charge is -2.38. The van der Waals surface area contributed by atoms with Gasteiger partial charge in [0.2, 0.25) is 5.95 Å². The van der Waals surface area contributed by atoms with Crippen LogP contribution in [0, 0.1) is 0 Å². The van der Waals surface area contributed by atoms with Gasteiger partial charge in [0.1, 0.15) is 5.71 Å². The number of anilines is 1. The van der Waals surface area contributed by atoms with Crippen molar-refractivity contribution in [1.29, 1.82) is 0 Å². The van der Waals surface area contributed by atoms with E-state index in [1.165, 1.54) is 0 Å². The van der Waals surface area contributed by atoms with Crippen LogP contribution in [-0.2, 0) is 9.63 Å². The molecular weight excluding hydrogens is 282 g/mol. The number of hydrogen-bond donors (Lipinski definition) is 1. The molecule has 0 unspecified atom stereocenters. The molecule has 2 aliphatic heterocycles. The fraction of sp³-hybridized carbons (Fsp3) is 0.600. The molecule has 7 nitrogen and oxygen atoms in total. The zero-order chi connectivity index (χ0) is 15.4. The highest BCUT2D eigenvalue weighted by molar-refractivity contribution is 6.39. The molecule has 1 spiro atoms. The average Bonchev–Trinajstić information content (AvgIpc) is 2.97. The van der Waals surface area contributed by atoms with Crippen molar-refractivity contribution in [3.05, 3.63) is 18.5 Å². The topological polar surface area (TPSA) is 79.7 Å². The first-order valence-electron chi connectivity index (χ1n) is 7.78. The first-order chi connectivity index (χ1) is 10.7. The highest BCUT2D eigenvalue weighted by Gasteiger charge is 2.45. The number of aromatic nitrogens is 2. The maximum atomic E-state index is 12.0. The van der Waals surface area contributed by atoms with Crippen LogP contribution in [0.15, 0.2) is 23.6 Å². The summed E-state index contributed by atoms with van der Waals surface area (Å²) < 4.78 is 0. The molecule has 0 radical (unpaired) electrons. The zero-order valence-corrected chi connectivity index (χ0v) is 12.8. The Hall–Kier alpha value is -2.18. The van der Waals surface area contributed by atoms with Gasteiger partial charge in [0.25, 0.3) is 5.91 Å². The third-order valence-electron chi connectivity index (χ3n) is 4.01. The van der Waals surface area contributed by atoms with Crippen molar-refractivity contribution in [1.82, 2.24) is 15.3 Å². The van der Waals surface area contributed by atoms with Gasteiger partial charge < -0.3 is 15.1 Å². The highest BCUT2D eigenvalue weighted by Crippen LogP contribution is 2.34. The molecule has 2 aliphatic rings. The van der Waals surface area contributed by atoms with Gasteiger partial charge in [-0.15, -0.1) is 0 Å². The predicted octanol–water partition coefficient (Wildman–Crippen LogP) is 1.12. The summed E-state index contributed by atoms with van der Waals surface area (Å²) in [4.78, 5) is 28.4. The summed E-state index contributed by atoms with van der Waals surface area (Å²) in [7, 11) is 0. The van der Waals surface area contributed by atoms with Crippen LogP contribution in [0.5, 0.6) is 0 Å². The van der Waals surface area contributed by atoms with E-state index in [0.29, 0.717) is 31.2 Å². The Morgan fingerprint density at radius 2 is 2.27 bits per heavy atom. The second kappa shape index (κ2) is 6.29. The molecule has 3 rings (SSSR count). The summed E-state index contributed by atoms with van der Waals surface area (Å²) in [6, 6.07) is 1.80. The van der Waals surface area contributed by atoms with Gasteiger partial charge in [0.15, 0.2) is 5.60 Å². The Kier molecular flexibility index (Phi) is 4.22. The van der Waals surface area contributed by atoms with E-state index in [4.69, 9.17) is 4.84 Å². The molecule has 0 aliphatic carbocycles. The van der Waals surface area contributed by atoms with E-state index in [2.05, 4.69) is 25.3 Å². The average molecular weight is 303 g/mol. The SMILES string of the molecule is CCCNC(=O)C1=NO[C@@]2(CCCN(c3ncccn3)C2)C1. The normalized spacial score (nSPS) is 24.0. The lowest BCUT2D eigenvalue weighted by Crippen LogP contribution is -2.49. The smallest absolute Gasteiger partial charge is 0.269 e. The van der Waals surface area contributed by atoms with E-state index in [0.717, 1.165) is 25.8 Å². The molecule has 7 heteroatoms. The molecule has 0 bridgehead atoms. The summed E-state index contributed by atoms with van der Waals surface area (Å²) in [5, 5.41) is 6.88. The van der Waals surface area contributed by atoms with Crippen molar-refractivity contribution in [2.75, 3.05) is 24.5 Å². The van der Waals surface area contributed by atoms with Crippen molar-refractivity contribution in [3.8, 4) is 0 Å². The van der Waals surface area contributed by atoms with Gasteiger partial charge in [0, 0.05) is 31.9 Å². The standard InChI is InChI=1S/C15H21N5O2/c1-2-6-16-13(21)12-10-15(22-19-12)5-3-9-20(11-15)14-17-7-4-8-18-14/h4,7-8H,2-3,5-6,9-11H2,1H3,(H,16,21)/t15-/m0/s1. The number of nitrogens with zero attached hydrogens (tertiary/aromatic N) is 4. The van der Waals surface area contributed by atoms with Crippen molar-refractivity contribution in [2.24, 2.45) is 5.16 Å². The van der Waals surface area contributed by atoms with Gasteiger partial charge in [-0.25, -0.2) is 9.97 Å². The van der Waals surface area contributed by atoms with Gasteiger partial charge >= 0.3 is 0 Å². The van der Waals surface area contributed by atoms with E-state index in [1.54, 1.807) is 18.5 Å². The molecule has 0 saturated carbocycles. The van der Waals surface area contributed by atoms with E-state index in [1.807, 2.05) is 6.92 Å². The quantitative estimate of drug-likeness (QED) is 0.901. The highest BCUT2D eigenvalue weighted by atomic mass is 16.7. The van der Waals surface area contributed by atoms with Gasteiger partial charge in [-0.2, -0.15) is 0 Å². The number of rotatable bonds is 4. The van der Waals surface area contributed by atoms with E-state index >= 15 is 0 Å². The number of nitrogens with one attached hydrogen (secondary N) is 1. The molecule has 1 saturated heterocycles. The molecule has 1 fully saturated rings. The van der Waals surface area contributed by atoms with Gasteiger partial charge in [0.05, 0.1) is 6.54 Å². The van der Waals surface area contributed by atoms with E-state index in [9.17, 15) is 4.79 Å². The summed E-state index contributed by atoms with van der Waals surface area (Å²) in [6.45, 7) is 4.24. The molecule has 1 aromatic heterocycles. The van der Waals surface area contributed by atoms with Crippen LogP contribution in [0.25, 0.3) is 0 Å². The largest absolute Gasteiger partial charge is 0.386 e. The van der Waals surface area contributed by atoms with Gasteiger partial charge in [-0.3, -0.25) is 4.79 Å². The first-order valence-corrected chi connectivity index (χ1v) is 7.78. The van der Waals surface area contributed by atoms with Gasteiger partial charge in [-0.05, 0) is 25.3 Å². The van der Waals surface area contributed by atoms with Crippen LogP contribution >= 0.6 is 0 Å². The Morgan fingerprint density at radius 1 is 1.45 bits per heavy atom. The van der Waals surface area contributed by atoms with E-state index < -0.39 is 5.60 Å². The zero-order valence-electron chi connectivity index (χ0n) is 12.8. The lowest BCUT2D eigenvalue weighted by molar-refractivity contribution is -0.114. The molecule has 3 heterocycles. The fourth-order valence-electron chi connectivity index (χ4n) is 2.93. The fourth-order valence-corrected chi connectivity index (χ4v) is 2.93. The molecule has 1 aromatic rings. The number of carbonyl (C=O) groups excluding carboxylic acids is 1. The Morgan fingerprint density at radius 3 is 3.05 bits per heavy atom. The minimum absolute atomic E-state index is 0.119. The van der Waals surface area contributed by atoms with Crippen LogP contribution in [0.4, 0.5) is 5.95 Å². The van der Waals surface area contributed by atoms with Gasteiger partial charge in [-0.1, -0.05) is 12.1 Å². The molecule has 1 N–H and O–H groups in total. The first kappa shape index (κ1) is 14.7. The molecule has 22 heavy (non-hydrogen) atoms. The van der Waals surface area contributed by atoms with Crippen LogP contribution in [0.1, 0.15) is 32.6 Å². The minimum Gasteiger partial charge on any atom is -0.386 e. The third-order valence-corrected chi connectivity index (χ3v) is 4.01. The Bertz CT molecular complexity index is 562. The number of carbonyl (C=O) groups is 1. The van der Waals surface area contributed by atoms with Crippen LogP contribution in [-0.4, -0.2) is 46.8 Å². The summed E-state index contributed by atoms with van der Waals surface area (Å²) in [5.41, 5.74) is 0.0698. The third kappa shape index (κ3) is 3.03. The number of piperidine rings is 1. The Balaban J connectivity index is 1.64. The Labute approximate surface area is 129 Å². The van der Waals surface area contributed by atoms with Crippen LogP contribution < -0.4 is 10.2 Å². The van der Waals surface area contributed by atoms with Crippen LogP contribution in [0.2, 0.25) is 0 Å². The molecular formula is C15H21N5O2. The van der Waals surface area contributed by atoms with E-state index in [-0.39, 0.29) is 5.91 Å². The van der Waals surface area contributed by atoms with Crippen molar-refractivity contribution >= 4 is 17.6 Å². The van der Waals surface area contributed by atoms with Crippen molar-refractivity contribution in [3.63, 3.8) is 0 Å². The summed E-state index contributed by atoms with van der Waals surface area (Å²) in [6.07, 6.45) is 6.79. The summed E-state index contributed by atoms with van der Waals surface area (Å²) >= 11 is 0. The second-order valence-electron chi connectivity index (χ2n) is 5.82. The maximum absolute atomic E-state index is 12.0. The minimum atomic E-state index is -0.420. The molecule has 118 valence electrons. The number of hydrogen-bond acceptors (Lipinski definition) is 6. The van der Waals surface area contributed by atoms with Crippen molar-refractivity contribution in [2.45, 2.75) is 38.2 Å². The molecule has 1 amide bonds. The van der Waals surface area contributed by atoms with Crippen LogP contribution in [0.3, 0.4) is 0 Å². The summed E-state index contributed by atoms with van der Waals surface area (Å²) in [5.74, 6) is 0.584. The lowest BCUT2D eigenvalue weighted by atomic mass is 9.88. The predicted molar refractivity (Wildman–Crippen MR) is 82.6 cm³/mol. The second-order valence-corrected chi connectivity index (χ2v) is 5.82. The molecule has 1 atom stereocenters. The number of amides is 1. The van der Waals surface area contributed by atoms with Crippen molar-refractivity contribution < 1.29 is 9.63 Å². The monoisotopic (exact) mass is 303 g/mol.